The minimum atomic E-state index is -4.80. The van der Waals surface area contributed by atoms with Crippen molar-refractivity contribution in [3.05, 3.63) is 30.5 Å². The first kappa shape index (κ1) is 17.1. The fourth-order valence-corrected chi connectivity index (χ4v) is 3.07. The Bertz CT molecular complexity index is 797. The highest BCUT2D eigenvalue weighted by molar-refractivity contribution is 5.95. The fourth-order valence-electron chi connectivity index (χ4n) is 3.07. The molecule has 134 valence electrons. The van der Waals surface area contributed by atoms with E-state index in [9.17, 15) is 18.0 Å². The van der Waals surface area contributed by atoms with Crippen LogP contribution in [0.3, 0.4) is 0 Å². The lowest BCUT2D eigenvalue weighted by Gasteiger charge is -2.28. The molecule has 6 nitrogen and oxygen atoms in total. The number of fused-ring (bicyclic) bond motifs is 1. The first-order valence-corrected chi connectivity index (χ1v) is 7.60. The molecule has 1 saturated heterocycles. The minimum absolute atomic E-state index is 0.0612. The van der Waals surface area contributed by atoms with Gasteiger partial charge in [-0.05, 0) is 30.7 Å². The predicted molar refractivity (Wildman–Crippen MR) is 84.8 cm³/mol. The van der Waals surface area contributed by atoms with E-state index >= 15 is 0 Å². The number of carboxylic acid groups (broad SMARTS) is 1. The van der Waals surface area contributed by atoms with E-state index in [1.54, 1.807) is 19.2 Å². The first-order chi connectivity index (χ1) is 11.8. The molecular formula is C16H16F3N3O3. The van der Waals surface area contributed by atoms with Crippen molar-refractivity contribution in [2.24, 2.45) is 0 Å². The molecular weight excluding hydrogens is 339 g/mol. The number of likely N-dealkylation sites (N-methyl/N-ethyl adjacent to an activating group) is 1. The summed E-state index contributed by atoms with van der Waals surface area (Å²) in [7, 11) is 1.79. The maximum absolute atomic E-state index is 12.6. The Morgan fingerprint density at radius 2 is 2.16 bits per heavy atom. The summed E-state index contributed by atoms with van der Waals surface area (Å²) in [6.07, 6.45) is -3.73. The molecule has 1 N–H and O–H groups in total. The second-order valence-electron chi connectivity index (χ2n) is 5.81. The van der Waals surface area contributed by atoms with Crippen molar-refractivity contribution in [2.45, 2.75) is 18.8 Å². The lowest BCUT2D eigenvalue weighted by Crippen LogP contribution is -2.36. The molecule has 3 rings (SSSR count). The van der Waals surface area contributed by atoms with E-state index in [4.69, 9.17) is 5.11 Å². The second-order valence-corrected chi connectivity index (χ2v) is 5.81. The summed E-state index contributed by atoms with van der Waals surface area (Å²) in [5, 5.41) is 9.59. The number of benzene rings is 1. The third kappa shape index (κ3) is 3.54. The van der Waals surface area contributed by atoms with Crippen molar-refractivity contribution in [2.75, 3.05) is 25.0 Å². The van der Waals surface area contributed by atoms with Crippen LogP contribution in [0.25, 0.3) is 10.9 Å². The van der Waals surface area contributed by atoms with Crippen LogP contribution < -0.4 is 9.64 Å². The molecule has 25 heavy (non-hydrogen) atoms. The maximum atomic E-state index is 12.6. The van der Waals surface area contributed by atoms with Gasteiger partial charge in [0.05, 0.1) is 0 Å². The summed E-state index contributed by atoms with van der Waals surface area (Å²) < 4.78 is 41.8. The predicted octanol–water partition coefficient (Wildman–Crippen LogP) is 3.32. The molecule has 1 amide bonds. The van der Waals surface area contributed by atoms with E-state index in [1.807, 2.05) is 4.90 Å². The van der Waals surface area contributed by atoms with E-state index in [2.05, 4.69) is 9.72 Å². The zero-order valence-corrected chi connectivity index (χ0v) is 13.3. The van der Waals surface area contributed by atoms with E-state index < -0.39 is 12.5 Å². The quantitative estimate of drug-likeness (QED) is 0.915. The van der Waals surface area contributed by atoms with Crippen LogP contribution in [0.15, 0.2) is 30.5 Å². The summed E-state index contributed by atoms with van der Waals surface area (Å²) in [6, 6.07) is 6.01. The van der Waals surface area contributed by atoms with Gasteiger partial charge in [0.25, 0.3) is 0 Å². The number of nitrogens with zero attached hydrogens (tertiary/aromatic N) is 3. The number of hydrogen-bond donors (Lipinski definition) is 1. The van der Waals surface area contributed by atoms with Gasteiger partial charge >= 0.3 is 12.5 Å². The van der Waals surface area contributed by atoms with Crippen LogP contribution >= 0.6 is 0 Å². The first-order valence-electron chi connectivity index (χ1n) is 7.60. The van der Waals surface area contributed by atoms with Gasteiger partial charge in [-0.15, -0.1) is 13.2 Å². The van der Waals surface area contributed by atoms with E-state index in [1.165, 1.54) is 23.2 Å². The van der Waals surface area contributed by atoms with Crippen molar-refractivity contribution >= 4 is 22.7 Å². The van der Waals surface area contributed by atoms with Crippen LogP contribution in [0.4, 0.5) is 23.7 Å². The number of anilines is 1. The Labute approximate surface area is 141 Å². The van der Waals surface area contributed by atoms with Gasteiger partial charge in [0, 0.05) is 43.4 Å². The highest BCUT2D eigenvalue weighted by Gasteiger charge is 2.33. The van der Waals surface area contributed by atoms with Crippen molar-refractivity contribution < 1.29 is 27.8 Å². The number of alkyl halides is 3. The lowest BCUT2D eigenvalue weighted by molar-refractivity contribution is -0.274. The summed E-state index contributed by atoms with van der Waals surface area (Å²) in [6.45, 7) is 0.768. The van der Waals surface area contributed by atoms with Gasteiger partial charge < -0.3 is 19.6 Å². The molecule has 0 bridgehead atoms. The zero-order valence-electron chi connectivity index (χ0n) is 13.3. The number of pyridine rings is 1. The Hall–Kier alpha value is -2.71. The van der Waals surface area contributed by atoms with Crippen LogP contribution in [-0.2, 0) is 0 Å². The summed E-state index contributed by atoms with van der Waals surface area (Å²) in [5.74, 6) is -0.362. The third-order valence-electron chi connectivity index (χ3n) is 4.30. The number of carbonyl (C=O) groups is 1. The van der Waals surface area contributed by atoms with Gasteiger partial charge in [0.15, 0.2) is 5.75 Å². The average molecular weight is 355 g/mol. The summed E-state index contributed by atoms with van der Waals surface area (Å²) in [4.78, 5) is 18.3. The molecule has 0 unspecified atom stereocenters. The molecule has 1 atom stereocenters. The minimum Gasteiger partial charge on any atom is -0.465 e. The number of rotatable bonds is 3. The Morgan fingerprint density at radius 1 is 1.40 bits per heavy atom. The molecule has 9 heteroatoms. The summed E-state index contributed by atoms with van der Waals surface area (Å²) in [5.41, 5.74) is 0.784. The van der Waals surface area contributed by atoms with Crippen LogP contribution in [0.5, 0.6) is 5.75 Å². The van der Waals surface area contributed by atoms with E-state index in [0.717, 1.165) is 0 Å². The zero-order chi connectivity index (χ0) is 18.2. The van der Waals surface area contributed by atoms with Gasteiger partial charge in [-0.2, -0.15) is 0 Å². The number of aromatic nitrogens is 1. The van der Waals surface area contributed by atoms with E-state index in [0.29, 0.717) is 30.6 Å². The molecule has 0 radical (unpaired) electrons. The van der Waals surface area contributed by atoms with Crippen LogP contribution in [0.1, 0.15) is 6.42 Å². The number of amides is 1. The van der Waals surface area contributed by atoms with Crippen molar-refractivity contribution in [3.8, 4) is 5.75 Å². The highest BCUT2D eigenvalue weighted by atomic mass is 19.4. The Morgan fingerprint density at radius 3 is 2.80 bits per heavy atom. The molecule has 0 spiro atoms. The smallest absolute Gasteiger partial charge is 0.465 e. The normalized spacial score (nSPS) is 17.8. The molecule has 1 fully saturated rings. The van der Waals surface area contributed by atoms with E-state index in [-0.39, 0.29) is 17.3 Å². The van der Waals surface area contributed by atoms with Gasteiger partial charge in [0.2, 0.25) is 0 Å². The maximum Gasteiger partial charge on any atom is 0.573 e. The second kappa shape index (κ2) is 6.30. The van der Waals surface area contributed by atoms with Crippen LogP contribution in [-0.4, -0.2) is 53.6 Å². The molecule has 0 aliphatic carbocycles. The molecule has 2 aromatic rings. The van der Waals surface area contributed by atoms with Crippen molar-refractivity contribution in [1.82, 2.24) is 9.88 Å². The summed E-state index contributed by atoms with van der Waals surface area (Å²) >= 11 is 0. The fraction of sp³-hybridized carbons (Fsp3) is 0.375. The number of ether oxygens (including phenoxy) is 1. The number of hydrogen-bond acceptors (Lipinski definition) is 4. The van der Waals surface area contributed by atoms with Crippen LogP contribution in [0, 0.1) is 0 Å². The number of halogens is 3. The average Bonchev–Trinajstić information content (AvgIpc) is 3.03. The largest absolute Gasteiger partial charge is 0.573 e. The monoisotopic (exact) mass is 355 g/mol. The lowest BCUT2D eigenvalue weighted by atomic mass is 10.1. The van der Waals surface area contributed by atoms with Gasteiger partial charge in [-0.25, -0.2) is 4.79 Å². The standard InChI is InChI=1S/C16H16F3N3O3/c1-21(10-6-8-22(9-10)15(23)24)12-4-5-13(25-16(17,18)19)14-11(12)3-2-7-20-14/h2-5,7,10H,6,8-9H2,1H3,(H,23,24)/t10-/m0/s1. The Balaban J connectivity index is 1.95. The SMILES string of the molecule is CN(c1ccc(OC(F)(F)F)c2ncccc12)[C@H]1CCN(C(=O)O)C1. The highest BCUT2D eigenvalue weighted by Crippen LogP contribution is 2.36. The van der Waals surface area contributed by atoms with Crippen LogP contribution in [0.2, 0.25) is 0 Å². The topological polar surface area (TPSA) is 65.9 Å². The van der Waals surface area contributed by atoms with Crippen molar-refractivity contribution in [1.29, 1.82) is 0 Å². The third-order valence-corrected chi connectivity index (χ3v) is 4.30. The molecule has 2 heterocycles. The molecule has 1 aromatic carbocycles. The molecule has 0 saturated carbocycles. The molecule has 1 aliphatic heterocycles. The molecule has 1 aliphatic rings. The Kier molecular flexibility index (Phi) is 4.32. The molecule has 1 aromatic heterocycles. The van der Waals surface area contributed by atoms with Crippen molar-refractivity contribution in [3.63, 3.8) is 0 Å². The number of likely N-dealkylation sites (tertiary alicyclic amines) is 1. The van der Waals surface area contributed by atoms with Gasteiger partial charge in [-0.3, -0.25) is 4.98 Å². The van der Waals surface area contributed by atoms with Gasteiger partial charge in [-0.1, -0.05) is 0 Å². The van der Waals surface area contributed by atoms with Gasteiger partial charge in [0.1, 0.15) is 5.52 Å².